The average Bonchev–Trinajstić information content (AvgIpc) is 3.22. The van der Waals surface area contributed by atoms with Gasteiger partial charge in [-0.25, -0.2) is 4.52 Å². The lowest BCUT2D eigenvalue weighted by Gasteiger charge is -2.09. The van der Waals surface area contributed by atoms with Crippen molar-refractivity contribution >= 4 is 17.3 Å². The van der Waals surface area contributed by atoms with Crippen LogP contribution in [-0.4, -0.2) is 26.7 Å². The van der Waals surface area contributed by atoms with Crippen LogP contribution in [0.25, 0.3) is 28.0 Å². The second kappa shape index (κ2) is 7.67. The van der Waals surface area contributed by atoms with Crippen LogP contribution < -0.4 is 10.1 Å². The van der Waals surface area contributed by atoms with Crippen molar-refractivity contribution in [3.63, 3.8) is 0 Å². The van der Waals surface area contributed by atoms with Gasteiger partial charge in [0.1, 0.15) is 11.4 Å². The van der Waals surface area contributed by atoms with Gasteiger partial charge in [0.05, 0.1) is 7.11 Å². The number of anilines is 2. The predicted octanol–water partition coefficient (Wildman–Crippen LogP) is 5.21. The Morgan fingerprint density at radius 1 is 0.867 bits per heavy atom. The molecule has 0 saturated heterocycles. The van der Waals surface area contributed by atoms with E-state index in [4.69, 9.17) is 9.72 Å². The van der Waals surface area contributed by atoms with E-state index in [1.807, 2.05) is 54.6 Å². The van der Waals surface area contributed by atoms with Crippen molar-refractivity contribution in [3.8, 4) is 28.1 Å². The minimum Gasteiger partial charge on any atom is -0.497 e. The van der Waals surface area contributed by atoms with E-state index >= 15 is 0 Å². The summed E-state index contributed by atoms with van der Waals surface area (Å²) in [6.45, 7) is 0. The second-order valence-electron chi connectivity index (χ2n) is 6.75. The van der Waals surface area contributed by atoms with Crippen LogP contribution in [0.15, 0.2) is 91.3 Å². The molecule has 30 heavy (non-hydrogen) atoms. The van der Waals surface area contributed by atoms with E-state index in [0.717, 1.165) is 33.8 Å². The molecule has 5 aromatic rings. The highest BCUT2D eigenvalue weighted by molar-refractivity contribution is 5.87. The molecule has 2 aromatic heterocycles. The van der Waals surface area contributed by atoms with Crippen LogP contribution in [0.4, 0.5) is 11.6 Å². The van der Waals surface area contributed by atoms with Crippen LogP contribution in [0, 0.1) is 0 Å². The predicted molar refractivity (Wildman–Crippen MR) is 118 cm³/mol. The Morgan fingerprint density at radius 3 is 2.50 bits per heavy atom. The monoisotopic (exact) mass is 393 g/mol. The Kier molecular flexibility index (Phi) is 4.57. The first kappa shape index (κ1) is 17.9. The van der Waals surface area contributed by atoms with Crippen LogP contribution >= 0.6 is 0 Å². The standard InChI is InChI=1S/C24H19N5O/c1-30-19-11-7-10-18(16-19)26-24-27-23-22(25-14-15-29(23)28-24)21-13-6-5-12-20(21)17-8-3-2-4-9-17/h2-16H,1H3,(H,26,28). The number of benzene rings is 3. The Morgan fingerprint density at radius 2 is 1.67 bits per heavy atom. The zero-order chi connectivity index (χ0) is 20.3. The van der Waals surface area contributed by atoms with Gasteiger partial charge in [-0.05, 0) is 23.3 Å². The minimum atomic E-state index is 0.495. The molecule has 0 aliphatic rings. The summed E-state index contributed by atoms with van der Waals surface area (Å²) in [5.74, 6) is 1.26. The van der Waals surface area contributed by atoms with Gasteiger partial charge in [0, 0.05) is 29.7 Å². The van der Waals surface area contributed by atoms with Crippen molar-refractivity contribution in [3.05, 3.63) is 91.3 Å². The Balaban J connectivity index is 1.59. The first-order valence-electron chi connectivity index (χ1n) is 9.59. The van der Waals surface area contributed by atoms with Gasteiger partial charge in [0.25, 0.3) is 0 Å². The van der Waals surface area contributed by atoms with E-state index in [-0.39, 0.29) is 0 Å². The number of fused-ring (bicyclic) bond motifs is 1. The van der Waals surface area contributed by atoms with E-state index in [2.05, 4.69) is 39.7 Å². The summed E-state index contributed by atoms with van der Waals surface area (Å²) in [5, 5.41) is 7.81. The second-order valence-corrected chi connectivity index (χ2v) is 6.75. The zero-order valence-corrected chi connectivity index (χ0v) is 16.4. The van der Waals surface area contributed by atoms with Gasteiger partial charge in [0.15, 0.2) is 5.65 Å². The number of aromatic nitrogens is 4. The molecule has 0 amide bonds. The van der Waals surface area contributed by atoms with E-state index < -0.39 is 0 Å². The molecule has 0 spiro atoms. The summed E-state index contributed by atoms with van der Waals surface area (Å²) >= 11 is 0. The highest BCUT2D eigenvalue weighted by Crippen LogP contribution is 2.32. The van der Waals surface area contributed by atoms with Gasteiger partial charge in [-0.15, -0.1) is 5.10 Å². The number of rotatable bonds is 5. The Labute approximate surface area is 173 Å². The fourth-order valence-electron chi connectivity index (χ4n) is 3.45. The molecule has 0 aliphatic carbocycles. The SMILES string of the molecule is COc1cccc(Nc2nc3c(-c4ccccc4-c4ccccc4)nccn3n2)c1. The molecule has 1 N–H and O–H groups in total. The van der Waals surface area contributed by atoms with Crippen molar-refractivity contribution in [1.82, 2.24) is 19.6 Å². The first-order chi connectivity index (χ1) is 14.8. The van der Waals surface area contributed by atoms with Crippen molar-refractivity contribution in [2.24, 2.45) is 0 Å². The smallest absolute Gasteiger partial charge is 0.247 e. The third kappa shape index (κ3) is 3.35. The molecule has 2 heterocycles. The van der Waals surface area contributed by atoms with Crippen LogP contribution in [-0.2, 0) is 0 Å². The lowest BCUT2D eigenvalue weighted by atomic mass is 9.98. The molecule has 6 heteroatoms. The van der Waals surface area contributed by atoms with E-state index in [9.17, 15) is 0 Å². The molecule has 0 saturated carbocycles. The minimum absolute atomic E-state index is 0.495. The molecule has 0 unspecified atom stereocenters. The van der Waals surface area contributed by atoms with Crippen LogP contribution in [0.1, 0.15) is 0 Å². The number of hydrogen-bond acceptors (Lipinski definition) is 5. The largest absolute Gasteiger partial charge is 0.497 e. The van der Waals surface area contributed by atoms with Crippen molar-refractivity contribution in [2.75, 3.05) is 12.4 Å². The molecular weight excluding hydrogens is 374 g/mol. The van der Waals surface area contributed by atoms with Gasteiger partial charge in [-0.3, -0.25) is 4.98 Å². The maximum Gasteiger partial charge on any atom is 0.247 e. The van der Waals surface area contributed by atoms with Crippen molar-refractivity contribution in [1.29, 1.82) is 0 Å². The van der Waals surface area contributed by atoms with Gasteiger partial charge in [0.2, 0.25) is 5.95 Å². The fourth-order valence-corrected chi connectivity index (χ4v) is 3.45. The highest BCUT2D eigenvalue weighted by atomic mass is 16.5. The molecule has 0 aliphatic heterocycles. The van der Waals surface area contributed by atoms with Crippen LogP contribution in [0.3, 0.4) is 0 Å². The van der Waals surface area contributed by atoms with Crippen molar-refractivity contribution < 1.29 is 4.74 Å². The topological polar surface area (TPSA) is 64.3 Å². The summed E-state index contributed by atoms with van der Waals surface area (Å²) in [6, 6.07) is 26.1. The van der Waals surface area contributed by atoms with Gasteiger partial charge < -0.3 is 10.1 Å². The molecule has 6 nitrogen and oxygen atoms in total. The summed E-state index contributed by atoms with van der Waals surface area (Å²) in [6.07, 6.45) is 3.54. The molecule has 5 rings (SSSR count). The highest BCUT2D eigenvalue weighted by Gasteiger charge is 2.15. The fraction of sp³-hybridized carbons (Fsp3) is 0.0417. The molecular formula is C24H19N5O. The number of ether oxygens (including phenoxy) is 1. The molecule has 0 atom stereocenters. The Bertz CT molecular complexity index is 1310. The number of methoxy groups -OCH3 is 1. The Hall–Kier alpha value is -4.19. The maximum absolute atomic E-state index is 5.29. The van der Waals surface area contributed by atoms with E-state index in [1.54, 1.807) is 24.0 Å². The van der Waals surface area contributed by atoms with E-state index in [0.29, 0.717) is 11.6 Å². The number of hydrogen-bond donors (Lipinski definition) is 1. The van der Waals surface area contributed by atoms with Crippen LogP contribution in [0.5, 0.6) is 5.75 Å². The lowest BCUT2D eigenvalue weighted by Crippen LogP contribution is -1.95. The molecule has 3 aromatic carbocycles. The zero-order valence-electron chi connectivity index (χ0n) is 16.4. The van der Waals surface area contributed by atoms with Gasteiger partial charge in [-0.2, -0.15) is 4.98 Å². The summed E-state index contributed by atoms with van der Waals surface area (Å²) in [4.78, 5) is 9.35. The third-order valence-electron chi connectivity index (χ3n) is 4.85. The van der Waals surface area contributed by atoms with Gasteiger partial charge in [-0.1, -0.05) is 60.7 Å². The lowest BCUT2D eigenvalue weighted by molar-refractivity contribution is 0.415. The summed E-state index contributed by atoms with van der Waals surface area (Å²) < 4.78 is 7.03. The maximum atomic E-state index is 5.29. The molecule has 0 fully saturated rings. The van der Waals surface area contributed by atoms with Crippen LogP contribution in [0.2, 0.25) is 0 Å². The summed E-state index contributed by atoms with van der Waals surface area (Å²) in [7, 11) is 1.64. The summed E-state index contributed by atoms with van der Waals surface area (Å²) in [5.41, 5.74) is 5.56. The first-order valence-corrected chi connectivity index (χ1v) is 9.59. The molecule has 146 valence electrons. The number of nitrogens with zero attached hydrogens (tertiary/aromatic N) is 4. The number of nitrogens with one attached hydrogen (secondary N) is 1. The average molecular weight is 393 g/mol. The quantitative estimate of drug-likeness (QED) is 0.444. The third-order valence-corrected chi connectivity index (χ3v) is 4.85. The molecule has 0 bridgehead atoms. The molecule has 0 radical (unpaired) electrons. The van der Waals surface area contributed by atoms with E-state index in [1.165, 1.54) is 0 Å². The van der Waals surface area contributed by atoms with Crippen molar-refractivity contribution in [2.45, 2.75) is 0 Å². The van der Waals surface area contributed by atoms with Gasteiger partial charge >= 0.3 is 0 Å². The normalized spacial score (nSPS) is 10.8.